The van der Waals surface area contributed by atoms with Crippen LogP contribution in [0.1, 0.15) is 31.4 Å². The summed E-state index contributed by atoms with van der Waals surface area (Å²) >= 11 is 0. The molecule has 0 aliphatic heterocycles. The summed E-state index contributed by atoms with van der Waals surface area (Å²) in [5.74, 6) is 0. The zero-order valence-electron chi connectivity index (χ0n) is 8.24. The summed E-state index contributed by atoms with van der Waals surface area (Å²) in [6.45, 7) is 0.766. The summed E-state index contributed by atoms with van der Waals surface area (Å²) in [7, 11) is 0. The molecule has 1 heterocycles. The van der Waals surface area contributed by atoms with Gasteiger partial charge in [0.1, 0.15) is 0 Å². The predicted octanol–water partition coefficient (Wildman–Crippen LogP) is 0.803. The Morgan fingerprint density at radius 2 is 2.36 bits per heavy atom. The number of hydrogen-bond donors (Lipinski definition) is 3. The van der Waals surface area contributed by atoms with E-state index >= 15 is 0 Å². The van der Waals surface area contributed by atoms with Gasteiger partial charge in [-0.3, -0.25) is 0 Å². The van der Waals surface area contributed by atoms with Crippen molar-refractivity contribution in [1.29, 1.82) is 0 Å². The molecule has 1 aliphatic carbocycles. The van der Waals surface area contributed by atoms with E-state index in [9.17, 15) is 5.11 Å². The lowest BCUT2D eigenvalue weighted by Gasteiger charge is -2.28. The first-order valence-corrected chi connectivity index (χ1v) is 5.25. The molecular formula is C10H17N3O. The molecule has 1 fully saturated rings. The maximum absolute atomic E-state index is 9.71. The quantitative estimate of drug-likeness (QED) is 0.668. The zero-order chi connectivity index (χ0) is 9.80. The Bertz CT molecular complexity index is 260. The smallest absolute Gasteiger partial charge is 0.0922 e. The maximum Gasteiger partial charge on any atom is 0.0922 e. The van der Waals surface area contributed by atoms with E-state index in [2.05, 4.69) is 15.3 Å². The van der Waals surface area contributed by atoms with Crippen LogP contribution < -0.4 is 5.32 Å². The summed E-state index contributed by atoms with van der Waals surface area (Å²) in [6.07, 6.45) is 7.69. The number of aliphatic hydroxyl groups excluding tert-OH is 1. The number of aromatic nitrogens is 2. The molecule has 0 spiro atoms. The fraction of sp³-hybridized carbons (Fsp3) is 0.700. The van der Waals surface area contributed by atoms with E-state index in [0.717, 1.165) is 31.5 Å². The standard InChI is InChI=1S/C10H17N3O/c14-10-4-2-1-3-9(10)12-6-8-5-11-7-13-8/h5,7,9-10,12,14H,1-4,6H2,(H,11,13)/t9-,10-/m1/s1. The van der Waals surface area contributed by atoms with Crippen LogP contribution in [0.5, 0.6) is 0 Å². The molecule has 78 valence electrons. The van der Waals surface area contributed by atoms with Crippen molar-refractivity contribution in [2.24, 2.45) is 0 Å². The van der Waals surface area contributed by atoms with Crippen LogP contribution >= 0.6 is 0 Å². The topological polar surface area (TPSA) is 60.9 Å². The van der Waals surface area contributed by atoms with Gasteiger partial charge in [0.2, 0.25) is 0 Å². The maximum atomic E-state index is 9.71. The fourth-order valence-electron chi connectivity index (χ4n) is 1.97. The largest absolute Gasteiger partial charge is 0.392 e. The second-order valence-electron chi connectivity index (χ2n) is 3.92. The van der Waals surface area contributed by atoms with Crippen molar-refractivity contribution < 1.29 is 5.11 Å². The molecule has 0 unspecified atom stereocenters. The molecule has 1 aromatic heterocycles. The number of nitrogens with one attached hydrogen (secondary N) is 2. The van der Waals surface area contributed by atoms with Crippen LogP contribution in [0.25, 0.3) is 0 Å². The van der Waals surface area contributed by atoms with E-state index in [1.54, 1.807) is 6.33 Å². The average Bonchev–Trinajstić information content (AvgIpc) is 2.69. The second-order valence-corrected chi connectivity index (χ2v) is 3.92. The molecule has 4 heteroatoms. The van der Waals surface area contributed by atoms with Crippen LogP contribution in [0, 0.1) is 0 Å². The van der Waals surface area contributed by atoms with E-state index in [4.69, 9.17) is 0 Å². The number of rotatable bonds is 3. The Balaban J connectivity index is 1.79. The van der Waals surface area contributed by atoms with Crippen molar-refractivity contribution in [3.05, 3.63) is 18.2 Å². The van der Waals surface area contributed by atoms with Crippen molar-refractivity contribution in [2.75, 3.05) is 0 Å². The molecule has 0 aromatic carbocycles. The highest BCUT2D eigenvalue weighted by Crippen LogP contribution is 2.18. The van der Waals surface area contributed by atoms with Gasteiger partial charge in [0.15, 0.2) is 0 Å². The minimum absolute atomic E-state index is 0.174. The van der Waals surface area contributed by atoms with E-state index in [-0.39, 0.29) is 12.1 Å². The van der Waals surface area contributed by atoms with Gasteiger partial charge < -0.3 is 15.4 Å². The molecule has 2 rings (SSSR count). The van der Waals surface area contributed by atoms with Gasteiger partial charge in [0.25, 0.3) is 0 Å². The molecule has 14 heavy (non-hydrogen) atoms. The summed E-state index contributed by atoms with van der Waals surface area (Å²) in [6, 6.07) is 0.257. The summed E-state index contributed by atoms with van der Waals surface area (Å²) in [5.41, 5.74) is 1.07. The fourth-order valence-corrected chi connectivity index (χ4v) is 1.97. The highest BCUT2D eigenvalue weighted by atomic mass is 16.3. The number of aromatic amines is 1. The molecule has 0 saturated heterocycles. The first-order valence-electron chi connectivity index (χ1n) is 5.25. The average molecular weight is 195 g/mol. The monoisotopic (exact) mass is 195 g/mol. The van der Waals surface area contributed by atoms with Gasteiger partial charge in [-0.15, -0.1) is 0 Å². The number of imidazole rings is 1. The minimum Gasteiger partial charge on any atom is -0.392 e. The Kier molecular flexibility index (Phi) is 3.16. The van der Waals surface area contributed by atoms with Gasteiger partial charge >= 0.3 is 0 Å². The number of H-pyrrole nitrogens is 1. The second kappa shape index (κ2) is 4.57. The van der Waals surface area contributed by atoms with Crippen LogP contribution in [0.15, 0.2) is 12.5 Å². The lowest BCUT2D eigenvalue weighted by atomic mass is 9.92. The van der Waals surface area contributed by atoms with Gasteiger partial charge in [-0.05, 0) is 12.8 Å². The lowest BCUT2D eigenvalue weighted by Crippen LogP contribution is -2.41. The van der Waals surface area contributed by atoms with E-state index in [1.165, 1.54) is 6.42 Å². The van der Waals surface area contributed by atoms with Gasteiger partial charge in [0, 0.05) is 24.5 Å². The lowest BCUT2D eigenvalue weighted by molar-refractivity contribution is 0.0901. The van der Waals surface area contributed by atoms with Crippen molar-refractivity contribution in [2.45, 2.75) is 44.4 Å². The Morgan fingerprint density at radius 3 is 3.07 bits per heavy atom. The van der Waals surface area contributed by atoms with Crippen molar-refractivity contribution in [3.8, 4) is 0 Å². The third-order valence-corrected chi connectivity index (χ3v) is 2.84. The Labute approximate surface area is 83.8 Å². The number of aliphatic hydroxyl groups is 1. The summed E-state index contributed by atoms with van der Waals surface area (Å²) < 4.78 is 0. The van der Waals surface area contributed by atoms with Gasteiger partial charge in [-0.2, -0.15) is 0 Å². The Morgan fingerprint density at radius 1 is 1.50 bits per heavy atom. The van der Waals surface area contributed by atoms with E-state index in [1.807, 2.05) is 6.20 Å². The summed E-state index contributed by atoms with van der Waals surface area (Å²) in [5, 5.41) is 13.1. The van der Waals surface area contributed by atoms with Crippen molar-refractivity contribution in [1.82, 2.24) is 15.3 Å². The molecule has 2 atom stereocenters. The minimum atomic E-state index is -0.174. The molecule has 4 nitrogen and oxygen atoms in total. The van der Waals surface area contributed by atoms with Gasteiger partial charge in [-0.25, -0.2) is 4.98 Å². The molecular weight excluding hydrogens is 178 g/mol. The first kappa shape index (κ1) is 9.68. The van der Waals surface area contributed by atoms with Crippen molar-refractivity contribution in [3.63, 3.8) is 0 Å². The van der Waals surface area contributed by atoms with Gasteiger partial charge in [-0.1, -0.05) is 12.8 Å². The first-order chi connectivity index (χ1) is 6.86. The SMILES string of the molecule is O[C@@H]1CCCC[C@H]1NCc1cnc[nH]1. The molecule has 1 saturated carbocycles. The molecule has 3 N–H and O–H groups in total. The normalized spacial score (nSPS) is 27.8. The molecule has 0 bridgehead atoms. The predicted molar refractivity (Wildman–Crippen MR) is 53.7 cm³/mol. The van der Waals surface area contributed by atoms with E-state index in [0.29, 0.717) is 0 Å². The van der Waals surface area contributed by atoms with Crippen LogP contribution in [0.3, 0.4) is 0 Å². The van der Waals surface area contributed by atoms with Crippen LogP contribution in [0.4, 0.5) is 0 Å². The molecule has 0 amide bonds. The third kappa shape index (κ3) is 2.33. The van der Waals surface area contributed by atoms with Crippen LogP contribution in [-0.4, -0.2) is 27.2 Å². The molecule has 1 aromatic rings. The van der Waals surface area contributed by atoms with Gasteiger partial charge in [0.05, 0.1) is 12.4 Å². The number of nitrogens with zero attached hydrogens (tertiary/aromatic N) is 1. The third-order valence-electron chi connectivity index (χ3n) is 2.84. The Hall–Kier alpha value is -0.870. The zero-order valence-corrected chi connectivity index (χ0v) is 8.24. The highest BCUT2D eigenvalue weighted by Gasteiger charge is 2.22. The molecule has 0 radical (unpaired) electrons. The highest BCUT2D eigenvalue weighted by molar-refractivity contribution is 4.94. The van der Waals surface area contributed by atoms with Crippen LogP contribution in [0.2, 0.25) is 0 Å². The van der Waals surface area contributed by atoms with Crippen molar-refractivity contribution >= 4 is 0 Å². The van der Waals surface area contributed by atoms with E-state index < -0.39 is 0 Å². The summed E-state index contributed by atoms with van der Waals surface area (Å²) in [4.78, 5) is 6.98. The van der Waals surface area contributed by atoms with Crippen LogP contribution in [-0.2, 0) is 6.54 Å². The molecule has 1 aliphatic rings. The number of hydrogen-bond acceptors (Lipinski definition) is 3.